The molecular formula is C19H17BrN4O5S. The highest BCUT2D eigenvalue weighted by Gasteiger charge is 2.26. The highest BCUT2D eigenvalue weighted by Crippen LogP contribution is 2.33. The third-order valence-electron chi connectivity index (χ3n) is 4.04. The lowest BCUT2D eigenvalue weighted by Gasteiger charge is -2.06. The average molecular weight is 493 g/mol. The number of ether oxygens (including phenoxy) is 2. The first-order valence-corrected chi connectivity index (χ1v) is 10.2. The average Bonchev–Trinajstić information content (AvgIpc) is 3.32. The quantitative estimate of drug-likeness (QED) is 0.487. The summed E-state index contributed by atoms with van der Waals surface area (Å²) in [4.78, 5) is 36.5. The fraction of sp³-hybridized carbons (Fsp3) is 0.158. The van der Waals surface area contributed by atoms with Crippen molar-refractivity contribution in [3.05, 3.63) is 62.7 Å². The molecule has 11 heteroatoms. The van der Waals surface area contributed by atoms with Gasteiger partial charge in [0.15, 0.2) is 12.4 Å². The fourth-order valence-corrected chi connectivity index (χ4v) is 3.88. The predicted octanol–water partition coefficient (Wildman–Crippen LogP) is 3.19. The van der Waals surface area contributed by atoms with E-state index in [1.807, 2.05) is 12.1 Å². The Morgan fingerprint density at radius 3 is 2.57 bits per heavy atom. The number of esters is 1. The van der Waals surface area contributed by atoms with Crippen molar-refractivity contribution in [2.45, 2.75) is 13.7 Å². The summed E-state index contributed by atoms with van der Waals surface area (Å²) in [6, 6.07) is 8.79. The molecule has 0 saturated heterocycles. The number of rotatable bonds is 7. The van der Waals surface area contributed by atoms with Gasteiger partial charge in [-0.15, -0.1) is 11.3 Å². The molecule has 0 spiro atoms. The van der Waals surface area contributed by atoms with E-state index in [1.54, 1.807) is 25.3 Å². The van der Waals surface area contributed by atoms with Crippen molar-refractivity contribution in [3.8, 4) is 5.75 Å². The summed E-state index contributed by atoms with van der Waals surface area (Å²) in [5.74, 6) is -1.28. The first-order chi connectivity index (χ1) is 14.3. The Kier molecular flexibility index (Phi) is 6.53. The molecule has 2 aromatic heterocycles. The van der Waals surface area contributed by atoms with E-state index in [9.17, 15) is 14.4 Å². The summed E-state index contributed by atoms with van der Waals surface area (Å²) in [6.07, 6.45) is 1.59. The molecular weight excluding hydrogens is 476 g/mol. The Hall–Kier alpha value is -3.18. The van der Waals surface area contributed by atoms with E-state index < -0.39 is 17.8 Å². The molecule has 3 N–H and O–H groups in total. The lowest BCUT2D eigenvalue weighted by atomic mass is 10.1. The minimum atomic E-state index is -0.697. The minimum absolute atomic E-state index is 0.0858. The maximum absolute atomic E-state index is 12.6. The van der Waals surface area contributed by atoms with E-state index in [4.69, 9.17) is 15.2 Å². The topological polar surface area (TPSA) is 126 Å². The molecule has 2 amide bonds. The molecule has 0 unspecified atom stereocenters. The van der Waals surface area contributed by atoms with Gasteiger partial charge in [0, 0.05) is 10.7 Å². The first-order valence-electron chi connectivity index (χ1n) is 8.54. The van der Waals surface area contributed by atoms with Gasteiger partial charge in [0.25, 0.3) is 11.8 Å². The Bertz CT molecular complexity index is 1110. The van der Waals surface area contributed by atoms with Gasteiger partial charge in [0.1, 0.15) is 10.8 Å². The van der Waals surface area contributed by atoms with E-state index in [2.05, 4.69) is 26.3 Å². The second-order valence-corrected chi connectivity index (χ2v) is 7.97. The molecule has 3 rings (SSSR count). The van der Waals surface area contributed by atoms with Crippen LogP contribution in [0.4, 0.5) is 5.00 Å². The molecule has 0 radical (unpaired) electrons. The molecule has 3 aromatic rings. The van der Waals surface area contributed by atoms with Gasteiger partial charge in [0.05, 0.1) is 17.6 Å². The molecule has 2 heterocycles. The van der Waals surface area contributed by atoms with Crippen molar-refractivity contribution in [2.24, 2.45) is 5.73 Å². The molecule has 0 saturated carbocycles. The minimum Gasteiger partial charge on any atom is -0.471 e. The van der Waals surface area contributed by atoms with Crippen molar-refractivity contribution < 1.29 is 23.9 Å². The summed E-state index contributed by atoms with van der Waals surface area (Å²) in [7, 11) is 1.21. The van der Waals surface area contributed by atoms with Crippen LogP contribution in [0.1, 0.15) is 36.1 Å². The third-order valence-corrected chi connectivity index (χ3v) is 5.79. The molecule has 30 heavy (non-hydrogen) atoms. The number of nitrogens with two attached hydrogens (primary N) is 1. The van der Waals surface area contributed by atoms with Crippen LogP contribution < -0.4 is 15.8 Å². The van der Waals surface area contributed by atoms with Gasteiger partial charge < -0.3 is 20.5 Å². The fourth-order valence-electron chi connectivity index (χ4n) is 2.58. The lowest BCUT2D eigenvalue weighted by Crippen LogP contribution is -2.16. The molecule has 0 aliphatic carbocycles. The standard InChI is InChI=1S/C19H17BrN4O5S/c1-10-14(19(27)28-2)18(30-15(10)16(21)25)22-17(26)13-7-8-24(23-13)9-29-12-5-3-11(20)4-6-12/h3-8H,9H2,1-2H3,(H2,21,25)(H,22,26). The number of carbonyl (C=O) groups is 3. The van der Waals surface area contributed by atoms with Crippen LogP contribution in [0.2, 0.25) is 0 Å². The summed E-state index contributed by atoms with van der Waals surface area (Å²) in [5.41, 5.74) is 5.89. The monoisotopic (exact) mass is 492 g/mol. The Morgan fingerprint density at radius 2 is 1.93 bits per heavy atom. The van der Waals surface area contributed by atoms with Crippen LogP contribution in [-0.4, -0.2) is 34.7 Å². The smallest absolute Gasteiger partial charge is 0.341 e. The van der Waals surface area contributed by atoms with Crippen molar-refractivity contribution in [1.82, 2.24) is 9.78 Å². The molecule has 9 nitrogen and oxygen atoms in total. The third kappa shape index (κ3) is 4.69. The van der Waals surface area contributed by atoms with Gasteiger partial charge in [-0.3, -0.25) is 9.59 Å². The van der Waals surface area contributed by atoms with Crippen LogP contribution in [0.25, 0.3) is 0 Å². The van der Waals surface area contributed by atoms with Crippen molar-refractivity contribution in [2.75, 3.05) is 12.4 Å². The van der Waals surface area contributed by atoms with Gasteiger partial charge in [0.2, 0.25) is 0 Å². The van der Waals surface area contributed by atoms with Crippen LogP contribution in [0, 0.1) is 6.92 Å². The van der Waals surface area contributed by atoms with Crippen LogP contribution in [0.5, 0.6) is 5.75 Å². The van der Waals surface area contributed by atoms with Crippen LogP contribution >= 0.6 is 27.3 Å². The Morgan fingerprint density at radius 1 is 1.23 bits per heavy atom. The number of amides is 2. The summed E-state index contributed by atoms with van der Waals surface area (Å²) < 4.78 is 12.7. The molecule has 0 aliphatic rings. The van der Waals surface area contributed by atoms with Crippen molar-refractivity contribution in [1.29, 1.82) is 0 Å². The number of hydrogen-bond acceptors (Lipinski definition) is 7. The van der Waals surface area contributed by atoms with Gasteiger partial charge in [-0.25, -0.2) is 9.48 Å². The van der Waals surface area contributed by atoms with Gasteiger partial charge in [-0.05, 0) is 42.8 Å². The first kappa shape index (κ1) is 21.5. The zero-order chi connectivity index (χ0) is 21.8. The summed E-state index contributed by atoms with van der Waals surface area (Å²) >= 11 is 4.25. The maximum atomic E-state index is 12.6. The van der Waals surface area contributed by atoms with Gasteiger partial charge in [-0.1, -0.05) is 15.9 Å². The number of halogens is 1. The lowest BCUT2D eigenvalue weighted by molar-refractivity contribution is 0.0601. The van der Waals surface area contributed by atoms with E-state index in [1.165, 1.54) is 17.9 Å². The maximum Gasteiger partial charge on any atom is 0.341 e. The van der Waals surface area contributed by atoms with Gasteiger partial charge >= 0.3 is 5.97 Å². The number of nitrogens with zero attached hydrogens (tertiary/aromatic N) is 2. The van der Waals surface area contributed by atoms with Crippen LogP contribution in [0.15, 0.2) is 41.0 Å². The molecule has 1 aromatic carbocycles. The SMILES string of the molecule is COC(=O)c1c(NC(=O)c2ccn(COc3ccc(Br)cc3)n2)sc(C(N)=O)c1C. The number of primary amides is 1. The largest absolute Gasteiger partial charge is 0.471 e. The Labute approximate surface area is 183 Å². The molecule has 0 aliphatic heterocycles. The zero-order valence-corrected chi connectivity index (χ0v) is 18.4. The summed E-state index contributed by atoms with van der Waals surface area (Å²) in [6.45, 7) is 1.67. The highest BCUT2D eigenvalue weighted by atomic mass is 79.9. The highest BCUT2D eigenvalue weighted by molar-refractivity contribution is 9.10. The van der Waals surface area contributed by atoms with E-state index in [0.29, 0.717) is 11.3 Å². The number of carbonyl (C=O) groups excluding carboxylic acids is 3. The van der Waals surface area contributed by atoms with Crippen LogP contribution in [-0.2, 0) is 11.5 Å². The van der Waals surface area contributed by atoms with Crippen molar-refractivity contribution >= 4 is 50.1 Å². The van der Waals surface area contributed by atoms with Gasteiger partial charge in [-0.2, -0.15) is 5.10 Å². The molecule has 0 atom stereocenters. The number of nitrogens with one attached hydrogen (secondary N) is 1. The zero-order valence-electron chi connectivity index (χ0n) is 16.0. The number of aromatic nitrogens is 2. The normalized spacial score (nSPS) is 10.5. The molecule has 0 fully saturated rings. The molecule has 156 valence electrons. The number of benzene rings is 1. The number of anilines is 1. The second kappa shape index (κ2) is 9.09. The summed E-state index contributed by atoms with van der Waals surface area (Å²) in [5, 5.41) is 6.93. The van der Waals surface area contributed by atoms with E-state index in [0.717, 1.165) is 15.8 Å². The van der Waals surface area contributed by atoms with Crippen molar-refractivity contribution in [3.63, 3.8) is 0 Å². The van der Waals surface area contributed by atoms with E-state index in [-0.39, 0.29) is 27.9 Å². The number of hydrogen-bond donors (Lipinski definition) is 2. The Balaban J connectivity index is 1.74. The second-order valence-electron chi connectivity index (χ2n) is 6.04. The molecule has 0 bridgehead atoms. The van der Waals surface area contributed by atoms with E-state index >= 15 is 0 Å². The number of thiophene rings is 1. The number of methoxy groups -OCH3 is 1. The predicted molar refractivity (Wildman–Crippen MR) is 114 cm³/mol. The van der Waals surface area contributed by atoms with Crippen LogP contribution in [0.3, 0.4) is 0 Å².